The zero-order valence-corrected chi connectivity index (χ0v) is 35.6. The van der Waals surface area contributed by atoms with E-state index in [0.717, 1.165) is 26.2 Å². The molecule has 0 amide bonds. The molecular formula is C54H72N2. The molecule has 0 aromatic heterocycles. The van der Waals surface area contributed by atoms with Crippen molar-refractivity contribution in [2.75, 3.05) is 36.0 Å². The quantitative estimate of drug-likeness (QED) is 0.0316. The molecule has 2 nitrogen and oxygen atoms in total. The number of nitrogens with zero attached hydrogens (tertiary/aromatic N) is 2. The Morgan fingerprint density at radius 1 is 0.304 bits per heavy atom. The maximum absolute atomic E-state index is 2.61. The fraction of sp³-hybridized carbons (Fsp3) is 0.444. The van der Waals surface area contributed by atoms with E-state index in [2.05, 4.69) is 159 Å². The summed E-state index contributed by atoms with van der Waals surface area (Å²) in [5, 5.41) is 5.13. The van der Waals surface area contributed by atoms with E-state index in [0.29, 0.717) is 0 Å². The molecule has 2 heteroatoms. The zero-order valence-electron chi connectivity index (χ0n) is 35.6. The molecule has 0 heterocycles. The molecule has 56 heavy (non-hydrogen) atoms. The Morgan fingerprint density at radius 3 is 0.929 bits per heavy atom. The predicted octanol–water partition coefficient (Wildman–Crippen LogP) is 16.3. The predicted molar refractivity (Wildman–Crippen MR) is 253 cm³/mol. The molecule has 0 spiro atoms. The van der Waals surface area contributed by atoms with Crippen molar-refractivity contribution in [3.05, 3.63) is 119 Å². The summed E-state index contributed by atoms with van der Waals surface area (Å²) >= 11 is 0. The molecule has 0 aliphatic carbocycles. The van der Waals surface area contributed by atoms with Crippen LogP contribution in [0.4, 0.5) is 11.4 Å². The number of hydrogen-bond donors (Lipinski definition) is 0. The Bertz CT molecular complexity index is 1730. The van der Waals surface area contributed by atoms with Crippen LogP contribution in [0.2, 0.25) is 0 Å². The van der Waals surface area contributed by atoms with Crippen LogP contribution in [0.15, 0.2) is 97.1 Å². The normalized spacial score (nSPS) is 11.8. The number of rotatable bonds is 26. The van der Waals surface area contributed by atoms with E-state index in [-0.39, 0.29) is 0 Å². The van der Waals surface area contributed by atoms with Crippen LogP contribution in [-0.4, -0.2) is 26.2 Å². The van der Waals surface area contributed by atoms with Crippen molar-refractivity contribution in [1.29, 1.82) is 0 Å². The third-order valence-electron chi connectivity index (χ3n) is 11.4. The first-order chi connectivity index (χ1) is 27.6. The van der Waals surface area contributed by atoms with E-state index in [9.17, 15) is 0 Å². The van der Waals surface area contributed by atoms with Gasteiger partial charge in [-0.15, -0.1) is 0 Å². The minimum absolute atomic E-state index is 1.16. The standard InChI is InChI=1S/C54H72N2/c1-5-9-13-17-37-55(38-18-14-10-6-2)53-33-27-45(28-34-53)21-23-47-25-31-49-44-52-42-48(26-32-50(52)43-51(49)41-47)24-22-46-29-35-54(36-30-46)56(39-19-15-11-7-3)40-20-16-12-8-4/h21-36,41-44H,5-20,37-40H2,1-4H3. The van der Waals surface area contributed by atoms with Crippen molar-refractivity contribution in [1.82, 2.24) is 0 Å². The molecule has 0 N–H and O–H groups in total. The van der Waals surface area contributed by atoms with Crippen LogP contribution in [0.25, 0.3) is 45.8 Å². The third-order valence-corrected chi connectivity index (χ3v) is 11.4. The van der Waals surface area contributed by atoms with Crippen LogP contribution in [-0.2, 0) is 0 Å². The highest BCUT2D eigenvalue weighted by Crippen LogP contribution is 2.27. The first-order valence-corrected chi connectivity index (χ1v) is 22.6. The summed E-state index contributed by atoms with van der Waals surface area (Å²) in [6, 6.07) is 36.8. The van der Waals surface area contributed by atoms with Crippen LogP contribution < -0.4 is 9.80 Å². The molecule has 5 aromatic carbocycles. The number of fused-ring (bicyclic) bond motifs is 2. The SMILES string of the molecule is CCCCCCN(CCCCCC)c1ccc(C=Cc2ccc3cc4cc(C=Cc5ccc(N(CCCCCC)CCCCCC)cc5)ccc4cc3c2)cc1. The fourth-order valence-electron chi connectivity index (χ4n) is 7.88. The number of unbranched alkanes of at least 4 members (excludes halogenated alkanes) is 12. The fourth-order valence-corrected chi connectivity index (χ4v) is 7.88. The van der Waals surface area contributed by atoms with E-state index in [1.54, 1.807) is 0 Å². The smallest absolute Gasteiger partial charge is 0.0366 e. The number of benzene rings is 5. The maximum Gasteiger partial charge on any atom is 0.0366 e. The number of anilines is 2. The van der Waals surface area contributed by atoms with Gasteiger partial charge in [0.05, 0.1) is 0 Å². The van der Waals surface area contributed by atoms with E-state index in [1.165, 1.54) is 158 Å². The summed E-state index contributed by atoms with van der Waals surface area (Å²) in [4.78, 5) is 5.23. The summed E-state index contributed by atoms with van der Waals surface area (Å²) < 4.78 is 0. The van der Waals surface area contributed by atoms with Crippen molar-refractivity contribution >= 4 is 57.2 Å². The Labute approximate surface area is 341 Å². The molecule has 0 fully saturated rings. The third kappa shape index (κ3) is 14.0. The van der Waals surface area contributed by atoms with Crippen LogP contribution in [0.1, 0.15) is 153 Å². The van der Waals surface area contributed by atoms with Gasteiger partial charge in [0.15, 0.2) is 0 Å². The lowest BCUT2D eigenvalue weighted by Crippen LogP contribution is -2.25. The Kier molecular flexibility index (Phi) is 18.6. The van der Waals surface area contributed by atoms with Crippen LogP contribution >= 0.6 is 0 Å². The molecule has 0 unspecified atom stereocenters. The average Bonchev–Trinajstić information content (AvgIpc) is 3.23. The largest absolute Gasteiger partial charge is 0.372 e. The van der Waals surface area contributed by atoms with Gasteiger partial charge < -0.3 is 9.80 Å². The van der Waals surface area contributed by atoms with Crippen LogP contribution in [0.3, 0.4) is 0 Å². The summed E-state index contributed by atoms with van der Waals surface area (Å²) in [5.41, 5.74) is 7.69. The monoisotopic (exact) mass is 749 g/mol. The highest BCUT2D eigenvalue weighted by molar-refractivity contribution is 6.00. The molecule has 0 aliphatic heterocycles. The van der Waals surface area contributed by atoms with Gasteiger partial charge in [-0.05, 0) is 118 Å². The summed E-state index contributed by atoms with van der Waals surface area (Å²) in [6.45, 7) is 13.8. The van der Waals surface area contributed by atoms with Gasteiger partial charge in [-0.3, -0.25) is 0 Å². The van der Waals surface area contributed by atoms with Crippen molar-refractivity contribution in [3.8, 4) is 0 Å². The number of hydrogen-bond acceptors (Lipinski definition) is 2. The van der Waals surface area contributed by atoms with Gasteiger partial charge in [-0.2, -0.15) is 0 Å². The van der Waals surface area contributed by atoms with Gasteiger partial charge >= 0.3 is 0 Å². The summed E-state index contributed by atoms with van der Waals surface area (Å²) in [7, 11) is 0. The van der Waals surface area contributed by atoms with Crippen molar-refractivity contribution in [2.45, 2.75) is 130 Å². The molecule has 0 saturated carbocycles. The molecular weight excluding hydrogens is 677 g/mol. The summed E-state index contributed by atoms with van der Waals surface area (Å²) in [6.07, 6.45) is 30.0. The van der Waals surface area contributed by atoms with Gasteiger partial charge in [0.25, 0.3) is 0 Å². The molecule has 0 bridgehead atoms. The van der Waals surface area contributed by atoms with Gasteiger partial charge in [0, 0.05) is 37.6 Å². The van der Waals surface area contributed by atoms with E-state index < -0.39 is 0 Å². The van der Waals surface area contributed by atoms with Crippen LogP contribution in [0, 0.1) is 0 Å². The molecule has 5 aromatic rings. The van der Waals surface area contributed by atoms with Crippen LogP contribution in [0.5, 0.6) is 0 Å². The van der Waals surface area contributed by atoms with Gasteiger partial charge in [-0.25, -0.2) is 0 Å². The Hall–Kier alpha value is -4.30. The van der Waals surface area contributed by atoms with E-state index >= 15 is 0 Å². The minimum Gasteiger partial charge on any atom is -0.372 e. The lowest BCUT2D eigenvalue weighted by Gasteiger charge is -2.25. The molecule has 298 valence electrons. The van der Waals surface area contributed by atoms with Gasteiger partial charge in [0.1, 0.15) is 0 Å². The molecule has 0 radical (unpaired) electrons. The van der Waals surface area contributed by atoms with Gasteiger partial charge in [0.2, 0.25) is 0 Å². The van der Waals surface area contributed by atoms with Crippen molar-refractivity contribution < 1.29 is 0 Å². The average molecular weight is 749 g/mol. The van der Waals surface area contributed by atoms with Crippen molar-refractivity contribution in [3.63, 3.8) is 0 Å². The zero-order chi connectivity index (χ0) is 39.2. The first kappa shape index (κ1) is 42.8. The topological polar surface area (TPSA) is 6.48 Å². The Balaban J connectivity index is 1.21. The molecule has 5 rings (SSSR count). The van der Waals surface area contributed by atoms with Crippen molar-refractivity contribution in [2.24, 2.45) is 0 Å². The molecule has 0 saturated heterocycles. The minimum atomic E-state index is 1.16. The lowest BCUT2D eigenvalue weighted by molar-refractivity contribution is 0.609. The first-order valence-electron chi connectivity index (χ1n) is 22.6. The highest BCUT2D eigenvalue weighted by atomic mass is 15.1. The molecule has 0 aliphatic rings. The van der Waals surface area contributed by atoms with E-state index in [4.69, 9.17) is 0 Å². The molecule has 0 atom stereocenters. The second-order valence-electron chi connectivity index (χ2n) is 16.1. The second-order valence-corrected chi connectivity index (χ2v) is 16.1. The second kappa shape index (κ2) is 24.4. The highest BCUT2D eigenvalue weighted by Gasteiger charge is 2.08. The van der Waals surface area contributed by atoms with E-state index in [1.807, 2.05) is 0 Å². The van der Waals surface area contributed by atoms with Gasteiger partial charge in [-0.1, -0.05) is 178 Å². The lowest BCUT2D eigenvalue weighted by atomic mass is 9.99. The summed E-state index contributed by atoms with van der Waals surface area (Å²) in [5.74, 6) is 0. The maximum atomic E-state index is 2.61. The Morgan fingerprint density at radius 2 is 0.607 bits per heavy atom.